The van der Waals surface area contributed by atoms with E-state index in [4.69, 9.17) is 0 Å². The zero-order valence-electron chi connectivity index (χ0n) is 14.0. The number of hydrogen-bond donors (Lipinski definition) is 3. The Hall–Kier alpha value is -2.66. The third-order valence-corrected chi connectivity index (χ3v) is 4.57. The van der Waals surface area contributed by atoms with Crippen molar-refractivity contribution in [2.75, 3.05) is 11.9 Å². The number of aliphatic hydroxyl groups is 1. The van der Waals surface area contributed by atoms with Gasteiger partial charge in [0.2, 0.25) is 0 Å². The minimum atomic E-state index is -0.868. The van der Waals surface area contributed by atoms with Gasteiger partial charge >= 0.3 is 11.8 Å². The molecule has 1 fully saturated rings. The molecule has 1 aliphatic carbocycles. The Morgan fingerprint density at radius 1 is 0.880 bits per heavy atom. The van der Waals surface area contributed by atoms with Crippen LogP contribution >= 0.6 is 0 Å². The van der Waals surface area contributed by atoms with Gasteiger partial charge in [0.25, 0.3) is 0 Å². The van der Waals surface area contributed by atoms with Crippen molar-refractivity contribution in [2.45, 2.75) is 31.3 Å². The summed E-state index contributed by atoms with van der Waals surface area (Å²) < 4.78 is 0. The number of benzene rings is 2. The summed E-state index contributed by atoms with van der Waals surface area (Å²) >= 11 is 0. The molecule has 1 aliphatic rings. The minimum Gasteiger partial charge on any atom is -0.388 e. The first kappa shape index (κ1) is 17.2. The molecule has 2 aromatic carbocycles. The van der Waals surface area contributed by atoms with Crippen LogP contribution in [0, 0.1) is 0 Å². The fourth-order valence-corrected chi connectivity index (χ4v) is 3.10. The van der Waals surface area contributed by atoms with Gasteiger partial charge in [0.05, 0.1) is 5.60 Å². The van der Waals surface area contributed by atoms with E-state index in [9.17, 15) is 14.7 Å². The van der Waals surface area contributed by atoms with Crippen molar-refractivity contribution < 1.29 is 14.7 Å². The van der Waals surface area contributed by atoms with Gasteiger partial charge in [-0.2, -0.15) is 0 Å². The highest BCUT2D eigenvalue weighted by Crippen LogP contribution is 2.28. The molecule has 0 spiro atoms. The topological polar surface area (TPSA) is 78.4 Å². The van der Waals surface area contributed by atoms with Crippen LogP contribution in [0.1, 0.15) is 25.7 Å². The molecule has 5 heteroatoms. The van der Waals surface area contributed by atoms with Gasteiger partial charge in [-0.05, 0) is 36.1 Å². The third kappa shape index (κ3) is 4.45. The predicted octanol–water partition coefficient (Wildman–Crippen LogP) is 2.71. The molecule has 0 heterocycles. The van der Waals surface area contributed by atoms with Crippen molar-refractivity contribution in [3.63, 3.8) is 0 Å². The number of hydrogen-bond acceptors (Lipinski definition) is 3. The van der Waals surface area contributed by atoms with Crippen molar-refractivity contribution in [1.82, 2.24) is 5.32 Å². The molecule has 0 radical (unpaired) electrons. The maximum atomic E-state index is 12.0. The van der Waals surface area contributed by atoms with Crippen LogP contribution in [-0.2, 0) is 9.59 Å². The highest BCUT2D eigenvalue weighted by molar-refractivity contribution is 6.39. The molecule has 0 aliphatic heterocycles. The fourth-order valence-electron chi connectivity index (χ4n) is 3.10. The Kier molecular flexibility index (Phi) is 5.14. The summed E-state index contributed by atoms with van der Waals surface area (Å²) in [5.41, 5.74) is 1.81. The molecule has 0 bridgehead atoms. The summed E-state index contributed by atoms with van der Waals surface area (Å²) in [5.74, 6) is -1.46. The van der Waals surface area contributed by atoms with Crippen molar-refractivity contribution in [2.24, 2.45) is 0 Å². The predicted molar refractivity (Wildman–Crippen MR) is 96.9 cm³/mol. The second-order valence-corrected chi connectivity index (χ2v) is 6.51. The number of amides is 2. The maximum Gasteiger partial charge on any atom is 0.313 e. The molecule has 2 aromatic rings. The smallest absolute Gasteiger partial charge is 0.313 e. The van der Waals surface area contributed by atoms with E-state index in [0.29, 0.717) is 18.5 Å². The molecule has 0 atom stereocenters. The van der Waals surface area contributed by atoms with Crippen LogP contribution in [0.4, 0.5) is 5.69 Å². The molecule has 5 nitrogen and oxygen atoms in total. The zero-order valence-corrected chi connectivity index (χ0v) is 14.0. The van der Waals surface area contributed by atoms with Crippen LogP contribution in [0.25, 0.3) is 11.1 Å². The standard InChI is InChI=1S/C20H22N2O3/c23-18(21-14-20(25)12-4-5-13-20)19(24)22-17-10-8-16(9-11-17)15-6-2-1-3-7-15/h1-3,6-11,25H,4-5,12-14H2,(H,21,23)(H,22,24). The summed E-state index contributed by atoms with van der Waals surface area (Å²) in [6, 6.07) is 17.2. The van der Waals surface area contributed by atoms with E-state index in [1.807, 2.05) is 42.5 Å². The third-order valence-electron chi connectivity index (χ3n) is 4.57. The quantitative estimate of drug-likeness (QED) is 0.750. The van der Waals surface area contributed by atoms with Gasteiger partial charge in [0, 0.05) is 12.2 Å². The molecule has 3 N–H and O–H groups in total. The SMILES string of the molecule is O=C(NCC1(O)CCCC1)C(=O)Nc1ccc(-c2ccccc2)cc1. The van der Waals surface area contributed by atoms with Crippen LogP contribution in [0.15, 0.2) is 54.6 Å². The van der Waals surface area contributed by atoms with E-state index in [1.165, 1.54) is 0 Å². The Morgan fingerprint density at radius 2 is 1.48 bits per heavy atom. The number of rotatable bonds is 4. The van der Waals surface area contributed by atoms with Gasteiger partial charge in [-0.1, -0.05) is 55.3 Å². The van der Waals surface area contributed by atoms with Crippen molar-refractivity contribution >= 4 is 17.5 Å². The molecule has 0 unspecified atom stereocenters. The first-order chi connectivity index (χ1) is 12.1. The lowest BCUT2D eigenvalue weighted by molar-refractivity contribution is -0.136. The van der Waals surface area contributed by atoms with E-state index in [2.05, 4.69) is 10.6 Å². The van der Waals surface area contributed by atoms with E-state index < -0.39 is 17.4 Å². The Balaban J connectivity index is 1.54. The average Bonchev–Trinajstić information content (AvgIpc) is 3.08. The Morgan fingerprint density at radius 3 is 2.12 bits per heavy atom. The highest BCUT2D eigenvalue weighted by Gasteiger charge is 2.32. The fraction of sp³-hybridized carbons (Fsp3) is 0.300. The minimum absolute atomic E-state index is 0.117. The van der Waals surface area contributed by atoms with Gasteiger partial charge in [-0.25, -0.2) is 0 Å². The summed E-state index contributed by atoms with van der Waals surface area (Å²) in [5, 5.41) is 15.3. The summed E-state index contributed by atoms with van der Waals surface area (Å²) in [6.45, 7) is 0.117. The van der Waals surface area contributed by atoms with E-state index in [-0.39, 0.29) is 6.54 Å². The first-order valence-corrected chi connectivity index (χ1v) is 8.53. The average molecular weight is 338 g/mol. The lowest BCUT2D eigenvalue weighted by atomic mass is 10.0. The van der Waals surface area contributed by atoms with Crippen LogP contribution < -0.4 is 10.6 Å². The normalized spacial score (nSPS) is 15.6. The monoisotopic (exact) mass is 338 g/mol. The maximum absolute atomic E-state index is 12.0. The Bertz CT molecular complexity index is 735. The first-order valence-electron chi connectivity index (χ1n) is 8.53. The molecule has 130 valence electrons. The number of anilines is 1. The van der Waals surface area contributed by atoms with E-state index >= 15 is 0 Å². The second kappa shape index (κ2) is 7.49. The number of carbonyl (C=O) groups excluding carboxylic acids is 2. The van der Waals surface area contributed by atoms with Gasteiger partial charge in [0.15, 0.2) is 0 Å². The summed E-state index contributed by atoms with van der Waals surface area (Å²) in [6.07, 6.45) is 3.23. The van der Waals surface area contributed by atoms with Crippen molar-refractivity contribution in [1.29, 1.82) is 0 Å². The lowest BCUT2D eigenvalue weighted by Crippen LogP contribution is -2.44. The Labute approximate surface area is 147 Å². The van der Waals surface area contributed by atoms with E-state index in [0.717, 1.165) is 24.0 Å². The van der Waals surface area contributed by atoms with Crippen molar-refractivity contribution in [3.8, 4) is 11.1 Å². The lowest BCUT2D eigenvalue weighted by Gasteiger charge is -2.22. The molecule has 25 heavy (non-hydrogen) atoms. The van der Waals surface area contributed by atoms with Crippen LogP contribution in [-0.4, -0.2) is 29.1 Å². The molecule has 3 rings (SSSR count). The number of nitrogens with one attached hydrogen (secondary N) is 2. The van der Waals surface area contributed by atoms with Crippen LogP contribution in [0.3, 0.4) is 0 Å². The summed E-state index contributed by atoms with van der Waals surface area (Å²) in [4.78, 5) is 23.9. The zero-order chi connectivity index (χ0) is 17.7. The molecule has 0 aromatic heterocycles. The van der Waals surface area contributed by atoms with Gasteiger partial charge in [-0.3, -0.25) is 9.59 Å². The van der Waals surface area contributed by atoms with Gasteiger partial charge in [0.1, 0.15) is 0 Å². The number of carbonyl (C=O) groups is 2. The van der Waals surface area contributed by atoms with Crippen LogP contribution in [0.5, 0.6) is 0 Å². The van der Waals surface area contributed by atoms with Crippen LogP contribution in [0.2, 0.25) is 0 Å². The molecular weight excluding hydrogens is 316 g/mol. The largest absolute Gasteiger partial charge is 0.388 e. The second-order valence-electron chi connectivity index (χ2n) is 6.51. The van der Waals surface area contributed by atoms with Gasteiger partial charge < -0.3 is 15.7 Å². The molecule has 0 saturated heterocycles. The summed E-state index contributed by atoms with van der Waals surface area (Å²) in [7, 11) is 0. The van der Waals surface area contributed by atoms with Crippen molar-refractivity contribution in [3.05, 3.63) is 54.6 Å². The van der Waals surface area contributed by atoms with Gasteiger partial charge in [-0.15, -0.1) is 0 Å². The van der Waals surface area contributed by atoms with E-state index in [1.54, 1.807) is 12.1 Å². The molecule has 1 saturated carbocycles. The molecule has 2 amide bonds. The highest BCUT2D eigenvalue weighted by atomic mass is 16.3. The molecular formula is C20H22N2O3.